The Bertz CT molecular complexity index is 871. The molecule has 2 atom stereocenters. The summed E-state index contributed by atoms with van der Waals surface area (Å²) in [7, 11) is 2.75. The fourth-order valence-electron chi connectivity index (χ4n) is 3.55. The quantitative estimate of drug-likeness (QED) is 0.630. The average Bonchev–Trinajstić information content (AvgIpc) is 3.16. The molecule has 1 aromatic carbocycles. The lowest BCUT2D eigenvalue weighted by molar-refractivity contribution is -0.135. The molecule has 2 unspecified atom stereocenters. The Hall–Kier alpha value is -3.11. The fourth-order valence-corrected chi connectivity index (χ4v) is 3.55. The van der Waals surface area contributed by atoms with Gasteiger partial charge in [-0.1, -0.05) is 12.1 Å². The van der Waals surface area contributed by atoms with Crippen molar-refractivity contribution >= 4 is 23.6 Å². The number of nitrogens with zero attached hydrogens (tertiary/aromatic N) is 2. The number of methoxy groups -OCH3 is 2. The van der Waals surface area contributed by atoms with Crippen LogP contribution in [0.3, 0.4) is 0 Å². The third-order valence-electron chi connectivity index (χ3n) is 5.00. The van der Waals surface area contributed by atoms with E-state index in [-0.39, 0.29) is 37.2 Å². The van der Waals surface area contributed by atoms with Crippen molar-refractivity contribution in [1.29, 1.82) is 0 Å². The van der Waals surface area contributed by atoms with Crippen LogP contribution in [0.5, 0.6) is 0 Å². The molecule has 2 heterocycles. The Morgan fingerprint density at radius 2 is 2.07 bits per heavy atom. The van der Waals surface area contributed by atoms with Crippen LogP contribution in [0.4, 0.5) is 10.5 Å². The summed E-state index contributed by atoms with van der Waals surface area (Å²) < 4.78 is 9.51. The molecule has 0 aromatic heterocycles. The average molecular weight is 417 g/mol. The minimum atomic E-state index is -0.562. The van der Waals surface area contributed by atoms with Gasteiger partial charge in [-0.05, 0) is 37.1 Å². The van der Waals surface area contributed by atoms with Crippen LogP contribution in [0.15, 0.2) is 30.0 Å². The topological polar surface area (TPSA) is 112 Å². The Labute approximate surface area is 175 Å². The number of hydrazine groups is 1. The van der Waals surface area contributed by atoms with E-state index < -0.39 is 6.09 Å². The summed E-state index contributed by atoms with van der Waals surface area (Å²) in [5.74, 6) is -0.467. The second-order valence-electron chi connectivity index (χ2n) is 7.30. The molecule has 1 fully saturated rings. The van der Waals surface area contributed by atoms with Gasteiger partial charge in [-0.3, -0.25) is 19.9 Å². The van der Waals surface area contributed by atoms with E-state index in [1.54, 1.807) is 4.90 Å². The van der Waals surface area contributed by atoms with Crippen LogP contribution >= 0.6 is 0 Å². The second-order valence-corrected chi connectivity index (χ2v) is 7.30. The first-order valence-corrected chi connectivity index (χ1v) is 9.61. The standard InChI is InChI=1S/C20H27N5O5/c1-12-5-6-14(15(7-12)22-20(28)30-4)16-8-17-19(27)24(9-13(2)25(17)23-16)11-21-18(26)10-29-3/h5-8,13,16,23H,9-11H2,1-4H3,(H,21,26)(H,22,28). The van der Waals surface area contributed by atoms with E-state index in [2.05, 4.69) is 16.1 Å². The Morgan fingerprint density at radius 1 is 1.30 bits per heavy atom. The molecule has 2 aliphatic heterocycles. The van der Waals surface area contributed by atoms with Crippen LogP contribution in [-0.2, 0) is 19.1 Å². The smallest absolute Gasteiger partial charge is 0.411 e. The maximum atomic E-state index is 13.0. The van der Waals surface area contributed by atoms with Crippen LogP contribution in [0, 0.1) is 6.92 Å². The van der Waals surface area contributed by atoms with Gasteiger partial charge in [-0.2, -0.15) is 0 Å². The van der Waals surface area contributed by atoms with Gasteiger partial charge in [0.05, 0.1) is 25.9 Å². The maximum absolute atomic E-state index is 13.0. The molecule has 10 heteroatoms. The number of aryl methyl sites for hydroxylation is 1. The molecule has 3 amide bonds. The van der Waals surface area contributed by atoms with Gasteiger partial charge in [0.2, 0.25) is 5.91 Å². The number of hydrogen-bond donors (Lipinski definition) is 3. The van der Waals surface area contributed by atoms with Crippen molar-refractivity contribution in [1.82, 2.24) is 20.7 Å². The molecule has 2 aliphatic rings. The summed E-state index contributed by atoms with van der Waals surface area (Å²) in [4.78, 5) is 38.0. The first-order chi connectivity index (χ1) is 14.3. The molecular formula is C20H27N5O5. The number of hydrogen-bond acceptors (Lipinski definition) is 7. The zero-order valence-corrected chi connectivity index (χ0v) is 17.5. The molecule has 30 heavy (non-hydrogen) atoms. The van der Waals surface area contributed by atoms with Crippen molar-refractivity contribution in [3.8, 4) is 0 Å². The number of nitrogens with one attached hydrogen (secondary N) is 3. The predicted octanol–water partition coefficient (Wildman–Crippen LogP) is 0.869. The summed E-state index contributed by atoms with van der Waals surface area (Å²) >= 11 is 0. The van der Waals surface area contributed by atoms with Crippen LogP contribution in [0.2, 0.25) is 0 Å². The van der Waals surface area contributed by atoms with Gasteiger partial charge in [0, 0.05) is 19.3 Å². The molecule has 1 saturated heterocycles. The molecule has 1 aromatic rings. The van der Waals surface area contributed by atoms with E-state index in [9.17, 15) is 14.4 Å². The molecule has 0 radical (unpaired) electrons. The number of carbonyl (C=O) groups excluding carboxylic acids is 3. The maximum Gasteiger partial charge on any atom is 0.411 e. The summed E-state index contributed by atoms with van der Waals surface area (Å²) in [5.41, 5.74) is 6.25. The van der Waals surface area contributed by atoms with Gasteiger partial charge in [-0.15, -0.1) is 0 Å². The number of piperazine rings is 1. The van der Waals surface area contributed by atoms with Gasteiger partial charge in [-0.25, -0.2) is 10.2 Å². The third-order valence-corrected chi connectivity index (χ3v) is 5.00. The lowest BCUT2D eigenvalue weighted by Crippen LogP contribution is -2.57. The highest BCUT2D eigenvalue weighted by Gasteiger charge is 2.39. The molecule has 0 bridgehead atoms. The normalized spacial score (nSPS) is 20.5. The van der Waals surface area contributed by atoms with Crippen molar-refractivity contribution in [2.45, 2.75) is 25.9 Å². The number of anilines is 1. The lowest BCUT2D eigenvalue weighted by atomic mass is 10.0. The van der Waals surface area contributed by atoms with E-state index in [0.29, 0.717) is 17.9 Å². The number of rotatable bonds is 6. The van der Waals surface area contributed by atoms with Gasteiger partial charge in [0.1, 0.15) is 12.3 Å². The summed E-state index contributed by atoms with van der Waals surface area (Å²) in [6.45, 7) is 4.42. The Kier molecular flexibility index (Phi) is 6.58. The molecule has 162 valence electrons. The molecule has 0 aliphatic carbocycles. The minimum absolute atomic E-state index is 0.0132. The van der Waals surface area contributed by atoms with E-state index in [0.717, 1.165) is 11.1 Å². The van der Waals surface area contributed by atoms with Crippen molar-refractivity contribution < 1.29 is 23.9 Å². The number of amides is 3. The number of ether oxygens (including phenoxy) is 2. The minimum Gasteiger partial charge on any atom is -0.453 e. The van der Waals surface area contributed by atoms with Crippen LogP contribution in [0.25, 0.3) is 0 Å². The van der Waals surface area contributed by atoms with Gasteiger partial charge < -0.3 is 19.7 Å². The first kappa shape index (κ1) is 21.6. The number of fused-ring (bicyclic) bond motifs is 1. The molecule has 0 saturated carbocycles. The van der Waals surface area contributed by atoms with E-state index in [1.165, 1.54) is 14.2 Å². The zero-order chi connectivity index (χ0) is 21.8. The van der Waals surface area contributed by atoms with Crippen molar-refractivity contribution in [2.75, 3.05) is 39.4 Å². The first-order valence-electron chi connectivity index (χ1n) is 9.61. The molecule has 3 rings (SSSR count). The SMILES string of the molecule is COCC(=O)NCN1CC(C)N2NC(c3ccc(C)cc3NC(=O)OC)C=C2C1=O. The molecule has 3 N–H and O–H groups in total. The summed E-state index contributed by atoms with van der Waals surface area (Å²) in [5, 5.41) is 7.25. The fraction of sp³-hybridized carbons (Fsp3) is 0.450. The summed E-state index contributed by atoms with van der Waals surface area (Å²) in [6, 6.07) is 5.39. The van der Waals surface area contributed by atoms with E-state index in [1.807, 2.05) is 43.1 Å². The van der Waals surface area contributed by atoms with Gasteiger partial charge in [0.25, 0.3) is 5.91 Å². The number of benzene rings is 1. The van der Waals surface area contributed by atoms with Gasteiger partial charge in [0.15, 0.2) is 0 Å². The highest BCUT2D eigenvalue weighted by Crippen LogP contribution is 2.33. The third kappa shape index (κ3) is 4.55. The Balaban J connectivity index is 1.80. The molecule has 0 spiro atoms. The highest BCUT2D eigenvalue weighted by atomic mass is 16.5. The van der Waals surface area contributed by atoms with Crippen molar-refractivity contribution in [3.05, 3.63) is 41.1 Å². The van der Waals surface area contributed by atoms with Crippen molar-refractivity contribution in [3.63, 3.8) is 0 Å². The Morgan fingerprint density at radius 3 is 2.77 bits per heavy atom. The molecule has 10 nitrogen and oxygen atoms in total. The monoisotopic (exact) mass is 417 g/mol. The van der Waals surface area contributed by atoms with Gasteiger partial charge >= 0.3 is 6.09 Å². The van der Waals surface area contributed by atoms with Crippen LogP contribution < -0.4 is 16.1 Å². The van der Waals surface area contributed by atoms with E-state index >= 15 is 0 Å². The van der Waals surface area contributed by atoms with Crippen LogP contribution in [-0.4, -0.2) is 67.9 Å². The number of carbonyl (C=O) groups is 3. The lowest BCUT2D eigenvalue weighted by Gasteiger charge is -2.39. The van der Waals surface area contributed by atoms with Crippen molar-refractivity contribution in [2.24, 2.45) is 0 Å². The second kappa shape index (κ2) is 9.14. The highest BCUT2D eigenvalue weighted by molar-refractivity contribution is 5.94. The zero-order valence-electron chi connectivity index (χ0n) is 17.5. The predicted molar refractivity (Wildman–Crippen MR) is 109 cm³/mol. The summed E-state index contributed by atoms with van der Waals surface area (Å²) in [6.07, 6.45) is 1.27. The van der Waals surface area contributed by atoms with E-state index in [4.69, 9.17) is 9.47 Å². The largest absolute Gasteiger partial charge is 0.453 e. The van der Waals surface area contributed by atoms with Crippen LogP contribution in [0.1, 0.15) is 24.1 Å². The molecular weight excluding hydrogens is 390 g/mol.